The van der Waals surface area contributed by atoms with Gasteiger partial charge in [0.2, 0.25) is 0 Å². The molecule has 30 heavy (non-hydrogen) atoms. The van der Waals surface area contributed by atoms with Crippen molar-refractivity contribution < 1.29 is 4.79 Å². The van der Waals surface area contributed by atoms with Gasteiger partial charge in [0.05, 0.1) is 22.0 Å². The number of carbonyl (C=O) groups excluding carboxylic acids is 1. The minimum absolute atomic E-state index is 0.0442. The van der Waals surface area contributed by atoms with Crippen LogP contribution in [0.4, 0.5) is 5.69 Å². The third kappa shape index (κ3) is 3.25. The van der Waals surface area contributed by atoms with Crippen molar-refractivity contribution in [1.29, 1.82) is 0 Å². The van der Waals surface area contributed by atoms with E-state index in [1.807, 2.05) is 36.4 Å². The lowest BCUT2D eigenvalue weighted by Crippen LogP contribution is -2.10. The van der Waals surface area contributed by atoms with Crippen LogP contribution in [-0.4, -0.2) is 15.7 Å². The summed E-state index contributed by atoms with van der Waals surface area (Å²) >= 11 is 1.57. The second-order valence-corrected chi connectivity index (χ2v) is 8.68. The molecule has 1 N–H and O–H groups in total. The predicted molar refractivity (Wildman–Crippen MR) is 123 cm³/mol. The standard InChI is InChI=1S/C25H23N3OS/c1-3-17-8-7-9-19(14-17)26-25(29)22-15-18-12-13-21-23(24(18)30-22)16(2)27-28(21)20-10-5-4-6-11-20/h4-11,14-15H,3,12-13H2,1-2H3,(H,26,29). The summed E-state index contributed by atoms with van der Waals surface area (Å²) in [5.74, 6) is -0.0442. The molecule has 0 spiro atoms. The Hall–Kier alpha value is -3.18. The summed E-state index contributed by atoms with van der Waals surface area (Å²) in [5, 5.41) is 7.89. The molecule has 0 atom stereocenters. The topological polar surface area (TPSA) is 46.9 Å². The van der Waals surface area contributed by atoms with Crippen LogP contribution in [0.5, 0.6) is 0 Å². The number of hydrogen-bond donors (Lipinski definition) is 1. The van der Waals surface area contributed by atoms with Gasteiger partial charge in [-0.05, 0) is 67.6 Å². The fourth-order valence-corrected chi connectivity index (χ4v) is 5.36. The SMILES string of the molecule is CCc1cccc(NC(=O)c2cc3c(s2)-c2c(C)nn(-c4ccccc4)c2CC3)c1. The summed E-state index contributed by atoms with van der Waals surface area (Å²) in [7, 11) is 0. The van der Waals surface area contributed by atoms with Gasteiger partial charge in [-0.25, -0.2) is 4.68 Å². The lowest BCUT2D eigenvalue weighted by molar-refractivity contribution is 0.103. The van der Waals surface area contributed by atoms with Gasteiger partial charge in [0, 0.05) is 16.1 Å². The number of nitrogens with one attached hydrogen (secondary N) is 1. The maximum absolute atomic E-state index is 12.9. The highest BCUT2D eigenvalue weighted by Crippen LogP contribution is 2.42. The number of nitrogens with zero attached hydrogens (tertiary/aromatic N) is 2. The van der Waals surface area contributed by atoms with Crippen LogP contribution in [0, 0.1) is 6.92 Å². The summed E-state index contributed by atoms with van der Waals surface area (Å²) in [6, 6.07) is 20.4. The van der Waals surface area contributed by atoms with Crippen molar-refractivity contribution in [3.63, 3.8) is 0 Å². The number of fused-ring (bicyclic) bond motifs is 3. The Morgan fingerprint density at radius 1 is 1.10 bits per heavy atom. The van der Waals surface area contributed by atoms with Crippen LogP contribution >= 0.6 is 11.3 Å². The normalized spacial score (nSPS) is 12.3. The molecule has 0 radical (unpaired) electrons. The summed E-state index contributed by atoms with van der Waals surface area (Å²) in [6.07, 6.45) is 2.80. The number of hydrogen-bond acceptors (Lipinski definition) is 3. The van der Waals surface area contributed by atoms with Crippen molar-refractivity contribution in [3.05, 3.63) is 88.1 Å². The van der Waals surface area contributed by atoms with Gasteiger partial charge >= 0.3 is 0 Å². The van der Waals surface area contributed by atoms with Crippen molar-refractivity contribution in [3.8, 4) is 16.1 Å². The number of anilines is 1. The molecule has 2 aromatic carbocycles. The summed E-state index contributed by atoms with van der Waals surface area (Å²) in [4.78, 5) is 14.9. The number of rotatable bonds is 4. The van der Waals surface area contributed by atoms with E-state index in [1.165, 1.54) is 27.3 Å². The Labute approximate surface area is 180 Å². The molecule has 0 saturated carbocycles. The number of para-hydroxylation sites is 1. The van der Waals surface area contributed by atoms with E-state index in [4.69, 9.17) is 5.10 Å². The molecule has 4 aromatic rings. The van der Waals surface area contributed by atoms with Crippen molar-refractivity contribution >= 4 is 22.9 Å². The monoisotopic (exact) mass is 413 g/mol. The Morgan fingerprint density at radius 2 is 1.93 bits per heavy atom. The largest absolute Gasteiger partial charge is 0.321 e. The first kappa shape index (κ1) is 18.8. The highest BCUT2D eigenvalue weighted by Gasteiger charge is 2.27. The highest BCUT2D eigenvalue weighted by atomic mass is 32.1. The van der Waals surface area contributed by atoms with E-state index in [9.17, 15) is 4.79 Å². The fourth-order valence-electron chi connectivity index (χ4n) is 4.14. The van der Waals surface area contributed by atoms with E-state index < -0.39 is 0 Å². The molecule has 0 saturated heterocycles. The van der Waals surface area contributed by atoms with Gasteiger partial charge in [0.1, 0.15) is 0 Å². The highest BCUT2D eigenvalue weighted by molar-refractivity contribution is 7.17. The molecule has 2 heterocycles. The molecule has 5 heteroatoms. The molecule has 0 unspecified atom stereocenters. The van der Waals surface area contributed by atoms with E-state index in [1.54, 1.807) is 11.3 Å². The second-order valence-electron chi connectivity index (χ2n) is 7.63. The smallest absolute Gasteiger partial charge is 0.265 e. The minimum Gasteiger partial charge on any atom is -0.321 e. The van der Waals surface area contributed by atoms with Crippen LogP contribution in [-0.2, 0) is 19.3 Å². The van der Waals surface area contributed by atoms with Crippen LogP contribution in [0.15, 0.2) is 60.7 Å². The van der Waals surface area contributed by atoms with Gasteiger partial charge in [0.25, 0.3) is 5.91 Å². The van der Waals surface area contributed by atoms with Gasteiger partial charge in [-0.2, -0.15) is 5.10 Å². The third-order valence-corrected chi connectivity index (χ3v) is 6.83. The molecule has 0 aliphatic heterocycles. The van der Waals surface area contributed by atoms with E-state index in [2.05, 4.69) is 48.1 Å². The second kappa shape index (κ2) is 7.58. The summed E-state index contributed by atoms with van der Waals surface area (Å²) in [6.45, 7) is 4.17. The molecular formula is C25H23N3OS. The van der Waals surface area contributed by atoms with Gasteiger partial charge < -0.3 is 5.32 Å². The summed E-state index contributed by atoms with van der Waals surface area (Å²) < 4.78 is 2.06. The zero-order valence-corrected chi connectivity index (χ0v) is 17.9. The van der Waals surface area contributed by atoms with Crippen LogP contribution in [0.1, 0.15) is 39.1 Å². The molecule has 1 aliphatic carbocycles. The molecule has 1 aliphatic rings. The number of carbonyl (C=O) groups is 1. The van der Waals surface area contributed by atoms with E-state index in [-0.39, 0.29) is 5.91 Å². The molecule has 150 valence electrons. The number of aryl methyl sites for hydroxylation is 3. The number of amides is 1. The van der Waals surface area contributed by atoms with Crippen LogP contribution in [0.3, 0.4) is 0 Å². The van der Waals surface area contributed by atoms with Gasteiger partial charge in [-0.1, -0.05) is 37.3 Å². The lowest BCUT2D eigenvalue weighted by atomic mass is 9.95. The first-order valence-electron chi connectivity index (χ1n) is 10.3. The molecule has 1 amide bonds. The minimum atomic E-state index is -0.0442. The van der Waals surface area contributed by atoms with Crippen molar-refractivity contribution in [2.45, 2.75) is 33.1 Å². The molecule has 0 bridgehead atoms. The molecule has 2 aromatic heterocycles. The average Bonchev–Trinajstić information content (AvgIpc) is 3.35. The molecule has 0 fully saturated rings. The van der Waals surface area contributed by atoms with Crippen molar-refractivity contribution in [2.75, 3.05) is 5.32 Å². The maximum atomic E-state index is 12.9. The van der Waals surface area contributed by atoms with Gasteiger partial charge in [-0.15, -0.1) is 11.3 Å². The Bertz CT molecular complexity index is 1240. The Balaban J connectivity index is 1.49. The molecule has 5 rings (SSSR count). The lowest BCUT2D eigenvalue weighted by Gasteiger charge is -2.14. The van der Waals surface area contributed by atoms with Gasteiger partial charge in [-0.3, -0.25) is 4.79 Å². The first-order chi connectivity index (χ1) is 14.6. The van der Waals surface area contributed by atoms with Crippen LogP contribution in [0.25, 0.3) is 16.1 Å². The number of aromatic nitrogens is 2. The first-order valence-corrected chi connectivity index (χ1v) is 11.1. The molecular weight excluding hydrogens is 390 g/mol. The average molecular weight is 414 g/mol. The van der Waals surface area contributed by atoms with Crippen LogP contribution < -0.4 is 5.32 Å². The van der Waals surface area contributed by atoms with E-state index in [0.29, 0.717) is 0 Å². The van der Waals surface area contributed by atoms with Gasteiger partial charge in [0.15, 0.2) is 0 Å². The Kier molecular flexibility index (Phi) is 4.75. The number of thiophene rings is 1. The maximum Gasteiger partial charge on any atom is 0.265 e. The number of benzene rings is 2. The zero-order chi connectivity index (χ0) is 20.7. The summed E-state index contributed by atoms with van der Waals surface area (Å²) in [5.41, 5.74) is 7.82. The quantitative estimate of drug-likeness (QED) is 0.458. The zero-order valence-electron chi connectivity index (χ0n) is 17.1. The molecule has 4 nitrogen and oxygen atoms in total. The van der Waals surface area contributed by atoms with Crippen molar-refractivity contribution in [1.82, 2.24) is 9.78 Å². The van der Waals surface area contributed by atoms with E-state index in [0.717, 1.165) is 41.2 Å². The van der Waals surface area contributed by atoms with Crippen LogP contribution in [0.2, 0.25) is 0 Å². The van der Waals surface area contributed by atoms with E-state index >= 15 is 0 Å². The third-order valence-electron chi connectivity index (χ3n) is 5.64. The predicted octanol–water partition coefficient (Wildman–Crippen LogP) is 5.82. The van der Waals surface area contributed by atoms with Crippen molar-refractivity contribution in [2.24, 2.45) is 0 Å². The fraction of sp³-hybridized carbons (Fsp3) is 0.200. The Morgan fingerprint density at radius 3 is 2.73 bits per heavy atom.